The fourth-order valence-electron chi connectivity index (χ4n) is 3.05. The maximum atomic E-state index is 13.1. The number of sulfone groups is 1. The highest BCUT2D eigenvalue weighted by molar-refractivity contribution is 7.91. The summed E-state index contributed by atoms with van der Waals surface area (Å²) in [5, 5.41) is 9.93. The highest BCUT2D eigenvalue weighted by Crippen LogP contribution is 2.32. The Morgan fingerprint density at radius 2 is 1.81 bits per heavy atom. The summed E-state index contributed by atoms with van der Waals surface area (Å²) in [4.78, 5) is 6.97. The first-order chi connectivity index (χ1) is 13.0. The number of aromatic nitrogens is 4. The molecule has 0 radical (unpaired) electrons. The largest absolute Gasteiger partial charge is 0.356 e. The summed E-state index contributed by atoms with van der Waals surface area (Å²) in [6, 6.07) is 8.63. The zero-order chi connectivity index (χ0) is 19.2. The van der Waals surface area contributed by atoms with Crippen LogP contribution in [0.4, 0.5) is 5.82 Å². The molecule has 4 rings (SSSR count). The van der Waals surface area contributed by atoms with E-state index >= 15 is 0 Å². The van der Waals surface area contributed by atoms with E-state index in [1.54, 1.807) is 35.6 Å². The summed E-state index contributed by atoms with van der Waals surface area (Å²) >= 11 is 1.56. The Hall–Kier alpha value is -2.52. The van der Waals surface area contributed by atoms with E-state index in [0.717, 1.165) is 34.7 Å². The zero-order valence-corrected chi connectivity index (χ0v) is 16.9. The number of anilines is 1. The van der Waals surface area contributed by atoms with Crippen molar-refractivity contribution in [3.8, 4) is 0 Å². The third kappa shape index (κ3) is 2.78. The fourth-order valence-corrected chi connectivity index (χ4v) is 5.17. The first-order valence-electron chi connectivity index (χ1n) is 8.66. The SMILES string of the molecule is CCN(CC)c1nc2c(S(=O)(=O)c3ccc(C)cc3)nnn2c2ccsc12. The van der Waals surface area contributed by atoms with Crippen molar-refractivity contribution in [1.29, 1.82) is 0 Å². The van der Waals surface area contributed by atoms with Gasteiger partial charge in [-0.3, -0.25) is 0 Å². The van der Waals surface area contributed by atoms with E-state index in [-0.39, 0.29) is 15.6 Å². The standard InChI is InChI=1S/C18H19N5O2S2/c1-4-22(5-2)16-15-14(10-11-26-15)23-17(19-16)18(20-21-23)27(24,25)13-8-6-12(3)7-9-13/h6-11H,4-5H2,1-3H3. The Kier molecular flexibility index (Phi) is 4.35. The molecule has 7 nitrogen and oxygen atoms in total. The molecule has 27 heavy (non-hydrogen) atoms. The lowest BCUT2D eigenvalue weighted by Crippen LogP contribution is -2.23. The molecule has 0 N–H and O–H groups in total. The van der Waals surface area contributed by atoms with E-state index in [9.17, 15) is 8.42 Å². The van der Waals surface area contributed by atoms with Crippen LogP contribution >= 0.6 is 11.3 Å². The summed E-state index contributed by atoms with van der Waals surface area (Å²) in [5.41, 5.74) is 2.05. The quantitative estimate of drug-likeness (QED) is 0.510. The lowest BCUT2D eigenvalue weighted by atomic mass is 10.2. The molecule has 0 saturated carbocycles. The van der Waals surface area contributed by atoms with Crippen molar-refractivity contribution in [3.63, 3.8) is 0 Å². The molecule has 0 amide bonds. The van der Waals surface area contributed by atoms with Gasteiger partial charge >= 0.3 is 0 Å². The van der Waals surface area contributed by atoms with Gasteiger partial charge in [-0.05, 0) is 44.4 Å². The molecule has 1 aromatic carbocycles. The van der Waals surface area contributed by atoms with Crippen LogP contribution in [0.3, 0.4) is 0 Å². The van der Waals surface area contributed by atoms with Crippen LogP contribution in [0.25, 0.3) is 15.9 Å². The highest BCUT2D eigenvalue weighted by atomic mass is 32.2. The first kappa shape index (κ1) is 17.9. The van der Waals surface area contributed by atoms with Crippen molar-refractivity contribution in [3.05, 3.63) is 41.3 Å². The van der Waals surface area contributed by atoms with Crippen LogP contribution in [0.15, 0.2) is 45.6 Å². The number of hydrogen-bond acceptors (Lipinski definition) is 7. The van der Waals surface area contributed by atoms with Crippen LogP contribution in [0.1, 0.15) is 19.4 Å². The molecular formula is C18H19N5O2S2. The number of fused-ring (bicyclic) bond motifs is 3. The zero-order valence-electron chi connectivity index (χ0n) is 15.2. The lowest BCUT2D eigenvalue weighted by molar-refractivity contribution is 0.592. The van der Waals surface area contributed by atoms with Crippen molar-refractivity contribution < 1.29 is 8.42 Å². The second-order valence-electron chi connectivity index (χ2n) is 6.19. The Bertz CT molecular complexity index is 1220. The van der Waals surface area contributed by atoms with Crippen molar-refractivity contribution >= 4 is 42.9 Å². The normalized spacial score (nSPS) is 12.1. The van der Waals surface area contributed by atoms with Crippen molar-refractivity contribution in [2.24, 2.45) is 0 Å². The van der Waals surface area contributed by atoms with Gasteiger partial charge in [0.1, 0.15) is 0 Å². The minimum absolute atomic E-state index is 0.118. The van der Waals surface area contributed by atoms with Gasteiger partial charge < -0.3 is 4.90 Å². The number of rotatable bonds is 5. The van der Waals surface area contributed by atoms with Crippen molar-refractivity contribution in [2.45, 2.75) is 30.7 Å². The maximum Gasteiger partial charge on any atom is 0.229 e. The van der Waals surface area contributed by atoms with Gasteiger partial charge in [-0.15, -0.1) is 16.4 Å². The van der Waals surface area contributed by atoms with Crippen LogP contribution in [0.2, 0.25) is 0 Å². The lowest BCUT2D eigenvalue weighted by Gasteiger charge is -2.20. The van der Waals surface area contributed by atoms with Gasteiger partial charge in [-0.25, -0.2) is 13.4 Å². The van der Waals surface area contributed by atoms with E-state index in [4.69, 9.17) is 0 Å². The topological polar surface area (TPSA) is 80.5 Å². The van der Waals surface area contributed by atoms with E-state index in [2.05, 4.69) is 20.2 Å². The molecule has 140 valence electrons. The van der Waals surface area contributed by atoms with Crippen molar-refractivity contribution in [2.75, 3.05) is 18.0 Å². The van der Waals surface area contributed by atoms with Crippen LogP contribution in [-0.4, -0.2) is 41.3 Å². The molecule has 0 bridgehead atoms. The molecule has 0 aliphatic heterocycles. The highest BCUT2D eigenvalue weighted by Gasteiger charge is 2.27. The summed E-state index contributed by atoms with van der Waals surface area (Å²) in [7, 11) is -3.82. The van der Waals surface area contributed by atoms with Gasteiger partial charge in [0.2, 0.25) is 14.9 Å². The minimum Gasteiger partial charge on any atom is -0.356 e. The Morgan fingerprint density at radius 1 is 1.11 bits per heavy atom. The van der Waals surface area contributed by atoms with E-state index in [1.807, 2.05) is 32.2 Å². The van der Waals surface area contributed by atoms with Crippen LogP contribution in [0, 0.1) is 6.92 Å². The van der Waals surface area contributed by atoms with Gasteiger partial charge in [0.25, 0.3) is 0 Å². The maximum absolute atomic E-state index is 13.1. The molecule has 0 spiro atoms. The molecule has 3 heterocycles. The minimum atomic E-state index is -3.82. The average Bonchev–Trinajstić information content (AvgIpc) is 3.30. The first-order valence-corrected chi connectivity index (χ1v) is 11.0. The predicted molar refractivity (Wildman–Crippen MR) is 106 cm³/mol. The molecule has 0 aliphatic rings. The molecule has 0 fully saturated rings. The van der Waals surface area contributed by atoms with Crippen LogP contribution < -0.4 is 4.90 Å². The Labute approximate surface area is 161 Å². The molecule has 9 heteroatoms. The molecule has 3 aromatic heterocycles. The third-order valence-electron chi connectivity index (χ3n) is 4.55. The van der Waals surface area contributed by atoms with E-state index < -0.39 is 9.84 Å². The average molecular weight is 402 g/mol. The fraction of sp³-hybridized carbons (Fsp3) is 0.278. The van der Waals surface area contributed by atoms with E-state index in [0.29, 0.717) is 0 Å². The van der Waals surface area contributed by atoms with E-state index in [1.165, 1.54) is 4.52 Å². The third-order valence-corrected chi connectivity index (χ3v) is 7.12. The van der Waals surface area contributed by atoms with Gasteiger partial charge in [-0.1, -0.05) is 22.9 Å². The number of nitrogens with zero attached hydrogens (tertiary/aromatic N) is 5. The number of thiophene rings is 1. The Balaban J connectivity index is 2.00. The molecule has 0 unspecified atom stereocenters. The number of benzene rings is 1. The molecule has 4 aromatic rings. The van der Waals surface area contributed by atoms with Crippen LogP contribution in [-0.2, 0) is 9.84 Å². The number of hydrogen-bond donors (Lipinski definition) is 0. The molecule has 0 atom stereocenters. The van der Waals surface area contributed by atoms with Crippen LogP contribution in [0.5, 0.6) is 0 Å². The van der Waals surface area contributed by atoms with Gasteiger partial charge in [-0.2, -0.15) is 4.52 Å². The molecule has 0 saturated heterocycles. The number of aryl methyl sites for hydroxylation is 1. The smallest absolute Gasteiger partial charge is 0.229 e. The second-order valence-corrected chi connectivity index (χ2v) is 8.97. The summed E-state index contributed by atoms with van der Waals surface area (Å²) in [5.74, 6) is 0.764. The molecular weight excluding hydrogens is 382 g/mol. The second kappa shape index (κ2) is 6.58. The van der Waals surface area contributed by atoms with Gasteiger partial charge in [0.05, 0.1) is 15.1 Å². The molecule has 0 aliphatic carbocycles. The summed E-state index contributed by atoms with van der Waals surface area (Å²) in [6.45, 7) is 7.55. The van der Waals surface area contributed by atoms with Gasteiger partial charge in [0, 0.05) is 13.1 Å². The van der Waals surface area contributed by atoms with Gasteiger partial charge in [0.15, 0.2) is 11.5 Å². The summed E-state index contributed by atoms with van der Waals surface area (Å²) in [6.07, 6.45) is 0. The summed E-state index contributed by atoms with van der Waals surface area (Å²) < 4.78 is 28.8. The predicted octanol–water partition coefficient (Wildman–Crippen LogP) is 3.33. The Morgan fingerprint density at radius 3 is 2.48 bits per heavy atom. The van der Waals surface area contributed by atoms with Crippen molar-refractivity contribution in [1.82, 2.24) is 19.8 Å². The monoisotopic (exact) mass is 401 g/mol.